The molecule has 1 aromatic heterocycles. The molecule has 1 aliphatic carbocycles. The molecule has 2 heterocycles. The molecule has 8 nitrogen and oxygen atoms in total. The Morgan fingerprint density at radius 1 is 1.21 bits per heavy atom. The molecule has 2 aliphatic rings. The van der Waals surface area contributed by atoms with Gasteiger partial charge < -0.3 is 15.4 Å². The molecule has 1 aromatic rings. The molecule has 24 heavy (non-hydrogen) atoms. The Labute approximate surface area is 139 Å². The monoisotopic (exact) mass is 336 g/mol. The van der Waals surface area contributed by atoms with Gasteiger partial charge in [-0.1, -0.05) is 0 Å². The van der Waals surface area contributed by atoms with Gasteiger partial charge in [0.25, 0.3) is 11.5 Å². The van der Waals surface area contributed by atoms with Crippen molar-refractivity contribution >= 4 is 5.91 Å². The first-order valence-corrected chi connectivity index (χ1v) is 8.23. The van der Waals surface area contributed by atoms with Gasteiger partial charge in [0.05, 0.1) is 12.1 Å². The van der Waals surface area contributed by atoms with Crippen LogP contribution in [0.4, 0.5) is 0 Å². The Morgan fingerprint density at radius 2 is 1.88 bits per heavy atom. The zero-order valence-corrected chi connectivity index (χ0v) is 14.2. The van der Waals surface area contributed by atoms with Gasteiger partial charge in [0.15, 0.2) is 0 Å². The van der Waals surface area contributed by atoms with Crippen LogP contribution in [0.5, 0.6) is 0 Å². The molecule has 1 aliphatic heterocycles. The fourth-order valence-electron chi connectivity index (χ4n) is 3.89. The van der Waals surface area contributed by atoms with E-state index in [4.69, 9.17) is 4.74 Å². The number of hydrogen-bond acceptors (Lipinski definition) is 5. The van der Waals surface area contributed by atoms with Crippen LogP contribution in [0.25, 0.3) is 0 Å². The summed E-state index contributed by atoms with van der Waals surface area (Å²) in [6.07, 6.45) is 1.67. The average molecular weight is 336 g/mol. The number of methoxy groups -OCH3 is 1. The van der Waals surface area contributed by atoms with E-state index in [0.29, 0.717) is 11.8 Å². The van der Waals surface area contributed by atoms with Gasteiger partial charge in [-0.05, 0) is 37.8 Å². The van der Waals surface area contributed by atoms with Gasteiger partial charge >= 0.3 is 5.69 Å². The summed E-state index contributed by atoms with van der Waals surface area (Å²) in [5.41, 5.74) is -0.931. The van der Waals surface area contributed by atoms with Gasteiger partial charge in [0.1, 0.15) is 5.69 Å². The molecule has 4 atom stereocenters. The fraction of sp³-hybridized carbons (Fsp3) is 0.688. The van der Waals surface area contributed by atoms with Crippen LogP contribution in [0.15, 0.2) is 15.7 Å². The van der Waals surface area contributed by atoms with Crippen LogP contribution in [0.2, 0.25) is 0 Å². The number of amides is 1. The molecule has 1 saturated heterocycles. The van der Waals surface area contributed by atoms with E-state index >= 15 is 0 Å². The molecule has 0 spiro atoms. The number of carbonyl (C=O) groups is 1. The SMILES string of the molecule is CO[C@H]1C[C@@H]2CNC[C@@H]2C[C@@H]1NC(=O)c1cc(=O)n(C)c(=O)n1C. The van der Waals surface area contributed by atoms with Crippen LogP contribution < -0.4 is 21.9 Å². The molecule has 2 fully saturated rings. The third-order valence-electron chi connectivity index (χ3n) is 5.40. The highest BCUT2D eigenvalue weighted by Gasteiger charge is 2.40. The molecule has 0 aromatic carbocycles. The van der Waals surface area contributed by atoms with Crippen LogP contribution in [0.3, 0.4) is 0 Å². The number of hydrogen-bond donors (Lipinski definition) is 2. The number of nitrogens with one attached hydrogen (secondary N) is 2. The van der Waals surface area contributed by atoms with Gasteiger partial charge in [-0.25, -0.2) is 4.79 Å². The quantitative estimate of drug-likeness (QED) is 0.725. The zero-order valence-electron chi connectivity index (χ0n) is 14.2. The third-order valence-corrected chi connectivity index (χ3v) is 5.40. The molecule has 0 bridgehead atoms. The fourth-order valence-corrected chi connectivity index (χ4v) is 3.89. The van der Waals surface area contributed by atoms with Crippen LogP contribution >= 0.6 is 0 Å². The maximum Gasteiger partial charge on any atom is 0.331 e. The van der Waals surface area contributed by atoms with E-state index in [1.165, 1.54) is 24.7 Å². The first kappa shape index (κ1) is 16.9. The van der Waals surface area contributed by atoms with Crippen molar-refractivity contribution in [2.24, 2.45) is 25.9 Å². The smallest absolute Gasteiger partial charge is 0.331 e. The summed E-state index contributed by atoms with van der Waals surface area (Å²) in [6.45, 7) is 1.95. The summed E-state index contributed by atoms with van der Waals surface area (Å²) in [5, 5.41) is 6.35. The lowest BCUT2D eigenvalue weighted by Gasteiger charge is -2.37. The van der Waals surface area contributed by atoms with E-state index in [2.05, 4.69) is 10.6 Å². The highest BCUT2D eigenvalue weighted by Crippen LogP contribution is 2.34. The highest BCUT2D eigenvalue weighted by atomic mass is 16.5. The van der Waals surface area contributed by atoms with E-state index in [9.17, 15) is 14.4 Å². The standard InChI is InChI=1S/C16H24N4O4/c1-19-12(6-14(21)20(2)16(19)23)15(22)18-11-4-9-7-17-8-10(9)5-13(11)24-3/h6,9-11,13,17H,4-5,7-8H2,1-3H3,(H,18,22)/t9-,10+,11-,13-/m0/s1. The summed E-state index contributed by atoms with van der Waals surface area (Å²) >= 11 is 0. The van der Waals surface area contributed by atoms with Crippen molar-refractivity contribution in [1.82, 2.24) is 19.8 Å². The van der Waals surface area contributed by atoms with E-state index in [0.717, 1.165) is 30.5 Å². The molecule has 1 amide bonds. The normalized spacial score (nSPS) is 29.3. The third kappa shape index (κ3) is 2.91. The van der Waals surface area contributed by atoms with E-state index in [1.807, 2.05) is 0 Å². The van der Waals surface area contributed by atoms with Gasteiger partial charge in [-0.15, -0.1) is 0 Å². The first-order valence-electron chi connectivity index (χ1n) is 8.23. The Morgan fingerprint density at radius 3 is 2.54 bits per heavy atom. The molecular weight excluding hydrogens is 312 g/mol. The maximum atomic E-state index is 12.6. The number of ether oxygens (including phenoxy) is 1. The van der Waals surface area contributed by atoms with Crippen LogP contribution in [-0.4, -0.2) is 47.4 Å². The van der Waals surface area contributed by atoms with Crippen molar-refractivity contribution in [1.29, 1.82) is 0 Å². The summed E-state index contributed by atoms with van der Waals surface area (Å²) in [6, 6.07) is 1.07. The number of nitrogens with zero attached hydrogens (tertiary/aromatic N) is 2. The molecule has 2 N–H and O–H groups in total. The van der Waals surface area contributed by atoms with Crippen molar-refractivity contribution in [3.05, 3.63) is 32.6 Å². The Hall–Kier alpha value is -1.93. The van der Waals surface area contributed by atoms with Crippen molar-refractivity contribution < 1.29 is 9.53 Å². The number of fused-ring (bicyclic) bond motifs is 1. The zero-order chi connectivity index (χ0) is 17.4. The number of aromatic nitrogens is 2. The van der Waals surface area contributed by atoms with Crippen molar-refractivity contribution in [2.45, 2.75) is 25.0 Å². The Kier molecular flexibility index (Phi) is 4.60. The van der Waals surface area contributed by atoms with Gasteiger partial charge in [0, 0.05) is 27.3 Å². The predicted octanol–water partition coefficient (Wildman–Crippen LogP) is -1.17. The molecule has 8 heteroatoms. The molecule has 0 radical (unpaired) electrons. The highest BCUT2D eigenvalue weighted by molar-refractivity contribution is 5.92. The van der Waals surface area contributed by atoms with Crippen molar-refractivity contribution in [3.63, 3.8) is 0 Å². The molecule has 132 valence electrons. The van der Waals surface area contributed by atoms with Gasteiger partial charge in [-0.2, -0.15) is 0 Å². The summed E-state index contributed by atoms with van der Waals surface area (Å²) in [5.74, 6) is 0.689. The molecule has 0 unspecified atom stereocenters. The summed E-state index contributed by atoms with van der Waals surface area (Å²) < 4.78 is 7.74. The lowest BCUT2D eigenvalue weighted by Crippen LogP contribution is -2.51. The van der Waals surface area contributed by atoms with Gasteiger partial charge in [-0.3, -0.25) is 18.7 Å². The first-order chi connectivity index (χ1) is 11.4. The summed E-state index contributed by atoms with van der Waals surface area (Å²) in [4.78, 5) is 36.4. The lowest BCUT2D eigenvalue weighted by atomic mass is 9.77. The number of carbonyl (C=O) groups excluding carboxylic acids is 1. The van der Waals surface area contributed by atoms with Crippen molar-refractivity contribution in [2.75, 3.05) is 20.2 Å². The largest absolute Gasteiger partial charge is 0.379 e. The lowest BCUT2D eigenvalue weighted by molar-refractivity contribution is 0.0124. The number of rotatable bonds is 3. The topological polar surface area (TPSA) is 94.4 Å². The molecule has 3 rings (SSSR count). The van der Waals surface area contributed by atoms with Crippen LogP contribution in [0, 0.1) is 11.8 Å². The van der Waals surface area contributed by atoms with E-state index < -0.39 is 17.2 Å². The van der Waals surface area contributed by atoms with Crippen molar-refractivity contribution in [3.8, 4) is 0 Å². The predicted molar refractivity (Wildman–Crippen MR) is 88.1 cm³/mol. The second-order valence-electron chi connectivity index (χ2n) is 6.77. The Balaban J connectivity index is 1.81. The average Bonchev–Trinajstić information content (AvgIpc) is 3.02. The second kappa shape index (κ2) is 6.52. The molecule has 1 saturated carbocycles. The van der Waals surface area contributed by atoms with Gasteiger partial charge in [0.2, 0.25) is 0 Å². The van der Waals surface area contributed by atoms with E-state index in [-0.39, 0.29) is 17.8 Å². The second-order valence-corrected chi connectivity index (χ2v) is 6.77. The minimum absolute atomic E-state index is 0.0568. The minimum atomic E-state index is -0.514. The van der Waals surface area contributed by atoms with Crippen LogP contribution in [0.1, 0.15) is 23.3 Å². The minimum Gasteiger partial charge on any atom is -0.379 e. The molecular formula is C16H24N4O4. The van der Waals surface area contributed by atoms with E-state index in [1.54, 1.807) is 7.11 Å². The van der Waals surface area contributed by atoms with Crippen LogP contribution in [-0.2, 0) is 18.8 Å². The Bertz CT molecular complexity index is 753. The maximum absolute atomic E-state index is 12.6. The summed E-state index contributed by atoms with van der Waals surface area (Å²) in [7, 11) is 4.53.